The zero-order valence-corrected chi connectivity index (χ0v) is 17.6. The number of anilines is 2. The maximum Gasteiger partial charge on any atom is 0.221 e. The second-order valence-corrected chi connectivity index (χ2v) is 7.79. The average molecular weight is 440 g/mol. The standard InChI is InChI=1S/C23H20N8O2/c1-2-16-10-15(3-4-19(16)24-7-1)13-31-23-22(29-30-31)26-12-20(28-23)27-17-5-8-25-21(11-17)33-18-6-9-32-14-18/h1-5,7-8,10-12,18H,6,9,13-14H2,(H,25,27,28)/t18-/m1/s1. The molecule has 1 atom stereocenters. The van der Waals surface area contributed by atoms with Crippen LogP contribution in [0.3, 0.4) is 0 Å². The molecule has 33 heavy (non-hydrogen) atoms. The second-order valence-electron chi connectivity index (χ2n) is 7.79. The molecule has 1 saturated heterocycles. The number of nitrogens with zero attached hydrogens (tertiary/aromatic N) is 7. The maximum absolute atomic E-state index is 5.89. The molecule has 10 heteroatoms. The van der Waals surface area contributed by atoms with Gasteiger partial charge in [0.05, 0.1) is 31.5 Å². The van der Waals surface area contributed by atoms with Gasteiger partial charge in [0.2, 0.25) is 11.5 Å². The summed E-state index contributed by atoms with van der Waals surface area (Å²) in [6.45, 7) is 1.83. The number of benzene rings is 1. The molecule has 0 aliphatic carbocycles. The van der Waals surface area contributed by atoms with E-state index in [1.54, 1.807) is 23.3 Å². The number of rotatable bonds is 6. The van der Waals surface area contributed by atoms with Gasteiger partial charge in [-0.2, -0.15) is 0 Å². The lowest BCUT2D eigenvalue weighted by molar-refractivity contribution is 0.138. The van der Waals surface area contributed by atoms with Crippen molar-refractivity contribution in [2.24, 2.45) is 0 Å². The first-order chi connectivity index (χ1) is 16.3. The lowest BCUT2D eigenvalue weighted by Crippen LogP contribution is -2.16. The van der Waals surface area contributed by atoms with Gasteiger partial charge >= 0.3 is 0 Å². The fraction of sp³-hybridized carbons (Fsp3) is 0.217. The van der Waals surface area contributed by atoms with E-state index in [-0.39, 0.29) is 6.10 Å². The van der Waals surface area contributed by atoms with E-state index >= 15 is 0 Å². The SMILES string of the molecule is c1cnc2ccc(Cn3nnc4ncc(Nc5ccnc(O[C@@H]6CCOC6)c5)nc43)cc2c1. The molecule has 10 nitrogen and oxygen atoms in total. The molecule has 1 fully saturated rings. The number of hydrogen-bond acceptors (Lipinski definition) is 9. The Labute approximate surface area is 188 Å². The third-order valence-corrected chi connectivity index (χ3v) is 5.41. The highest BCUT2D eigenvalue weighted by Gasteiger charge is 2.18. The van der Waals surface area contributed by atoms with Gasteiger partial charge in [-0.1, -0.05) is 17.3 Å². The molecule has 164 valence electrons. The molecule has 0 unspecified atom stereocenters. The van der Waals surface area contributed by atoms with Gasteiger partial charge in [-0.25, -0.2) is 19.6 Å². The minimum atomic E-state index is 0.0372. The highest BCUT2D eigenvalue weighted by Crippen LogP contribution is 2.22. The Morgan fingerprint density at radius 2 is 2.09 bits per heavy atom. The first-order valence-corrected chi connectivity index (χ1v) is 10.7. The summed E-state index contributed by atoms with van der Waals surface area (Å²) in [6, 6.07) is 13.8. The fourth-order valence-corrected chi connectivity index (χ4v) is 3.79. The minimum absolute atomic E-state index is 0.0372. The number of fused-ring (bicyclic) bond motifs is 2. The highest BCUT2D eigenvalue weighted by molar-refractivity contribution is 5.79. The zero-order chi connectivity index (χ0) is 22.0. The van der Waals surface area contributed by atoms with Gasteiger partial charge in [0.25, 0.3) is 0 Å². The van der Waals surface area contributed by atoms with Gasteiger partial charge in [-0.05, 0) is 29.8 Å². The highest BCUT2D eigenvalue weighted by atomic mass is 16.5. The summed E-state index contributed by atoms with van der Waals surface area (Å²) in [5.74, 6) is 1.12. The van der Waals surface area contributed by atoms with Crippen LogP contribution in [0.25, 0.3) is 22.2 Å². The van der Waals surface area contributed by atoms with Gasteiger partial charge in [0.1, 0.15) is 6.10 Å². The molecule has 4 aromatic heterocycles. The lowest BCUT2D eigenvalue weighted by atomic mass is 10.1. The quantitative estimate of drug-likeness (QED) is 0.425. The van der Waals surface area contributed by atoms with Crippen molar-refractivity contribution in [3.63, 3.8) is 0 Å². The van der Waals surface area contributed by atoms with Crippen molar-refractivity contribution in [2.75, 3.05) is 18.5 Å². The van der Waals surface area contributed by atoms with Crippen LogP contribution < -0.4 is 10.1 Å². The predicted octanol–water partition coefficient (Wildman–Crippen LogP) is 3.12. The molecule has 0 radical (unpaired) electrons. The maximum atomic E-state index is 5.89. The lowest BCUT2D eigenvalue weighted by Gasteiger charge is -2.12. The van der Waals surface area contributed by atoms with Crippen molar-refractivity contribution in [3.05, 3.63) is 66.6 Å². The topological polar surface area (TPSA) is 113 Å². The van der Waals surface area contributed by atoms with Crippen LogP contribution in [0.5, 0.6) is 5.88 Å². The monoisotopic (exact) mass is 440 g/mol. The number of hydrogen-bond donors (Lipinski definition) is 1. The molecule has 1 aliphatic rings. The van der Waals surface area contributed by atoms with Crippen molar-refractivity contribution < 1.29 is 9.47 Å². The Morgan fingerprint density at radius 1 is 1.09 bits per heavy atom. The Balaban J connectivity index is 1.23. The van der Waals surface area contributed by atoms with Gasteiger partial charge in [-0.3, -0.25) is 4.98 Å². The summed E-state index contributed by atoms with van der Waals surface area (Å²) >= 11 is 0. The third-order valence-electron chi connectivity index (χ3n) is 5.41. The van der Waals surface area contributed by atoms with Crippen molar-refractivity contribution in [3.8, 4) is 5.88 Å². The van der Waals surface area contributed by atoms with Crippen LogP contribution in [-0.4, -0.2) is 54.2 Å². The van der Waals surface area contributed by atoms with E-state index in [0.717, 1.165) is 35.2 Å². The van der Waals surface area contributed by atoms with Crippen LogP contribution in [-0.2, 0) is 11.3 Å². The Hall–Kier alpha value is -4.18. The molecule has 1 aromatic carbocycles. The molecule has 0 bridgehead atoms. The average Bonchev–Trinajstić information content (AvgIpc) is 3.49. The Morgan fingerprint density at radius 3 is 3.03 bits per heavy atom. The molecule has 6 rings (SSSR count). The van der Waals surface area contributed by atoms with E-state index in [0.29, 0.717) is 36.1 Å². The largest absolute Gasteiger partial charge is 0.472 e. The summed E-state index contributed by atoms with van der Waals surface area (Å²) in [5.41, 5.74) is 3.92. The van der Waals surface area contributed by atoms with E-state index < -0.39 is 0 Å². The van der Waals surface area contributed by atoms with Gasteiger partial charge in [-0.15, -0.1) is 5.10 Å². The van der Waals surface area contributed by atoms with Crippen molar-refractivity contribution in [2.45, 2.75) is 19.1 Å². The predicted molar refractivity (Wildman–Crippen MR) is 121 cm³/mol. The number of pyridine rings is 2. The summed E-state index contributed by atoms with van der Waals surface area (Å²) in [7, 11) is 0. The van der Waals surface area contributed by atoms with E-state index in [2.05, 4.69) is 36.6 Å². The summed E-state index contributed by atoms with van der Waals surface area (Å²) in [6.07, 6.45) is 6.02. The van der Waals surface area contributed by atoms with Crippen molar-refractivity contribution in [1.29, 1.82) is 0 Å². The number of nitrogens with one attached hydrogen (secondary N) is 1. The smallest absolute Gasteiger partial charge is 0.221 e. The molecular formula is C23H20N8O2. The molecule has 5 heterocycles. The van der Waals surface area contributed by atoms with Crippen LogP contribution in [0.15, 0.2) is 61.1 Å². The Kier molecular flexibility index (Phi) is 4.96. The van der Waals surface area contributed by atoms with Gasteiger partial charge in [0, 0.05) is 36.0 Å². The zero-order valence-electron chi connectivity index (χ0n) is 17.6. The fourth-order valence-electron chi connectivity index (χ4n) is 3.79. The normalized spacial score (nSPS) is 15.8. The van der Waals surface area contributed by atoms with Crippen molar-refractivity contribution in [1.82, 2.24) is 34.9 Å². The molecule has 5 aromatic rings. The van der Waals surface area contributed by atoms with E-state index in [1.165, 1.54) is 0 Å². The van der Waals surface area contributed by atoms with Crippen LogP contribution in [0.4, 0.5) is 11.5 Å². The van der Waals surface area contributed by atoms with E-state index in [4.69, 9.17) is 14.5 Å². The molecular weight excluding hydrogens is 420 g/mol. The van der Waals surface area contributed by atoms with Crippen LogP contribution in [0.2, 0.25) is 0 Å². The van der Waals surface area contributed by atoms with Crippen LogP contribution in [0, 0.1) is 0 Å². The first-order valence-electron chi connectivity index (χ1n) is 10.7. The molecule has 1 N–H and O–H groups in total. The van der Waals surface area contributed by atoms with Crippen molar-refractivity contribution >= 4 is 33.7 Å². The third kappa shape index (κ3) is 4.15. The van der Waals surface area contributed by atoms with E-state index in [1.807, 2.05) is 36.4 Å². The number of ether oxygens (including phenoxy) is 2. The van der Waals surface area contributed by atoms with E-state index in [9.17, 15) is 0 Å². The Bertz CT molecular complexity index is 1430. The molecule has 0 spiro atoms. The molecule has 0 saturated carbocycles. The van der Waals surface area contributed by atoms with Crippen LogP contribution in [0.1, 0.15) is 12.0 Å². The molecule has 0 amide bonds. The summed E-state index contributed by atoms with van der Waals surface area (Å²) in [5, 5.41) is 12.7. The van der Waals surface area contributed by atoms with Gasteiger partial charge < -0.3 is 14.8 Å². The second kappa shape index (κ2) is 8.40. The van der Waals surface area contributed by atoms with Crippen LogP contribution >= 0.6 is 0 Å². The number of aromatic nitrogens is 7. The first kappa shape index (κ1) is 19.5. The summed E-state index contributed by atoms with van der Waals surface area (Å²) in [4.78, 5) is 17.8. The molecule has 1 aliphatic heterocycles. The summed E-state index contributed by atoms with van der Waals surface area (Å²) < 4.78 is 13.0. The van der Waals surface area contributed by atoms with Gasteiger partial charge in [0.15, 0.2) is 11.5 Å². The minimum Gasteiger partial charge on any atom is -0.472 e.